The number of likely N-dealkylation sites (tertiary alicyclic amines) is 1. The van der Waals surface area contributed by atoms with Crippen LogP contribution in [0.25, 0.3) is 0 Å². The summed E-state index contributed by atoms with van der Waals surface area (Å²) in [5.41, 5.74) is 3.21. The van der Waals surface area contributed by atoms with Crippen LogP contribution in [0.5, 0.6) is 0 Å². The second-order valence-corrected chi connectivity index (χ2v) is 7.91. The maximum absolute atomic E-state index is 12.7. The lowest BCUT2D eigenvalue weighted by Gasteiger charge is -2.32. The molecule has 1 aromatic heterocycles. The van der Waals surface area contributed by atoms with Gasteiger partial charge in [0.1, 0.15) is 5.69 Å². The molecular weight excluding hydrogens is 358 g/mol. The number of piperidine rings is 1. The van der Waals surface area contributed by atoms with Crippen LogP contribution in [-0.2, 0) is 20.7 Å². The molecule has 1 aromatic rings. The molecule has 0 radical (unpaired) electrons. The minimum atomic E-state index is -0.360. The van der Waals surface area contributed by atoms with Crippen LogP contribution in [0.3, 0.4) is 0 Å². The van der Waals surface area contributed by atoms with E-state index in [1.807, 2.05) is 18.7 Å². The third-order valence-electron chi connectivity index (χ3n) is 5.73. The van der Waals surface area contributed by atoms with Gasteiger partial charge in [-0.25, -0.2) is 4.79 Å². The molecular formula is C21H31N3O4. The number of ether oxygens (including phenoxy) is 1. The van der Waals surface area contributed by atoms with E-state index in [9.17, 15) is 14.4 Å². The largest absolute Gasteiger partial charge is 0.461 e. The van der Waals surface area contributed by atoms with Crippen LogP contribution in [0.4, 0.5) is 0 Å². The molecule has 1 saturated carbocycles. The van der Waals surface area contributed by atoms with E-state index in [1.54, 1.807) is 6.92 Å². The molecule has 1 saturated heterocycles. The Bertz CT molecular complexity index is 751. The van der Waals surface area contributed by atoms with Crippen molar-refractivity contribution in [3.63, 3.8) is 0 Å². The number of hydrogen-bond donors (Lipinski definition) is 2. The fourth-order valence-corrected chi connectivity index (χ4v) is 3.93. The molecule has 0 bridgehead atoms. The normalized spacial score (nSPS) is 19.4. The van der Waals surface area contributed by atoms with Crippen molar-refractivity contribution in [1.29, 1.82) is 0 Å². The first kappa shape index (κ1) is 20.4. The zero-order chi connectivity index (χ0) is 20.3. The van der Waals surface area contributed by atoms with Crippen LogP contribution in [0.2, 0.25) is 0 Å². The highest BCUT2D eigenvalue weighted by Crippen LogP contribution is 2.24. The summed E-state index contributed by atoms with van der Waals surface area (Å²) in [6.45, 7) is 7.12. The lowest BCUT2D eigenvalue weighted by atomic mass is 9.96. The molecule has 1 aliphatic heterocycles. The first-order valence-corrected chi connectivity index (χ1v) is 10.3. The van der Waals surface area contributed by atoms with Gasteiger partial charge in [-0.3, -0.25) is 9.59 Å². The van der Waals surface area contributed by atoms with E-state index < -0.39 is 0 Å². The molecule has 2 heterocycles. The number of rotatable bonds is 7. The summed E-state index contributed by atoms with van der Waals surface area (Å²) >= 11 is 0. The van der Waals surface area contributed by atoms with Crippen LogP contribution in [-0.4, -0.2) is 53.4 Å². The Balaban J connectivity index is 1.56. The monoisotopic (exact) mass is 389 g/mol. The lowest BCUT2D eigenvalue weighted by molar-refractivity contribution is -0.135. The predicted molar refractivity (Wildman–Crippen MR) is 105 cm³/mol. The van der Waals surface area contributed by atoms with E-state index in [4.69, 9.17) is 4.74 Å². The topological polar surface area (TPSA) is 91.5 Å². The Morgan fingerprint density at radius 2 is 1.96 bits per heavy atom. The molecule has 0 spiro atoms. The van der Waals surface area contributed by atoms with E-state index in [0.29, 0.717) is 44.3 Å². The molecule has 2 aliphatic rings. The van der Waals surface area contributed by atoms with E-state index in [2.05, 4.69) is 10.3 Å². The van der Waals surface area contributed by atoms with Gasteiger partial charge in [0.15, 0.2) is 0 Å². The average Bonchev–Trinajstić information content (AvgIpc) is 3.44. The van der Waals surface area contributed by atoms with E-state index in [1.165, 1.54) is 0 Å². The van der Waals surface area contributed by atoms with Gasteiger partial charge in [0.05, 0.1) is 12.5 Å². The fraction of sp³-hybridized carbons (Fsp3) is 0.667. The summed E-state index contributed by atoms with van der Waals surface area (Å²) in [6.07, 6.45) is 4.81. The van der Waals surface area contributed by atoms with E-state index >= 15 is 0 Å². The lowest BCUT2D eigenvalue weighted by Crippen LogP contribution is -2.45. The van der Waals surface area contributed by atoms with Crippen LogP contribution in [0.1, 0.15) is 66.3 Å². The Morgan fingerprint density at radius 3 is 2.64 bits per heavy atom. The van der Waals surface area contributed by atoms with Crippen molar-refractivity contribution in [1.82, 2.24) is 15.2 Å². The minimum Gasteiger partial charge on any atom is -0.461 e. The number of aromatic amines is 1. The number of esters is 1. The highest BCUT2D eigenvalue weighted by atomic mass is 16.5. The second kappa shape index (κ2) is 8.80. The van der Waals surface area contributed by atoms with Crippen molar-refractivity contribution in [2.75, 3.05) is 19.7 Å². The predicted octanol–water partition coefficient (Wildman–Crippen LogP) is 2.26. The summed E-state index contributed by atoms with van der Waals surface area (Å²) in [4.78, 5) is 42.0. The number of nitrogens with zero attached hydrogens (tertiary/aromatic N) is 1. The number of aromatic nitrogens is 1. The number of H-pyrrole nitrogens is 1. The molecule has 154 valence electrons. The minimum absolute atomic E-state index is 0.0709. The molecule has 7 nitrogen and oxygen atoms in total. The number of amides is 2. The molecule has 1 aliphatic carbocycles. The quantitative estimate of drug-likeness (QED) is 0.700. The van der Waals surface area contributed by atoms with E-state index in [-0.39, 0.29) is 23.7 Å². The van der Waals surface area contributed by atoms with Gasteiger partial charge in [0, 0.05) is 31.2 Å². The first-order chi connectivity index (χ1) is 13.4. The van der Waals surface area contributed by atoms with Crippen molar-refractivity contribution in [2.24, 2.45) is 5.92 Å². The van der Waals surface area contributed by atoms with Gasteiger partial charge in [-0.2, -0.15) is 0 Å². The van der Waals surface area contributed by atoms with Gasteiger partial charge >= 0.3 is 5.97 Å². The van der Waals surface area contributed by atoms with Crippen LogP contribution >= 0.6 is 0 Å². The molecule has 28 heavy (non-hydrogen) atoms. The van der Waals surface area contributed by atoms with E-state index in [0.717, 1.165) is 42.5 Å². The average molecular weight is 389 g/mol. The summed E-state index contributed by atoms with van der Waals surface area (Å²) in [5.74, 6) is -0.288. The molecule has 0 aromatic carbocycles. The fourth-order valence-electron chi connectivity index (χ4n) is 3.93. The summed E-state index contributed by atoms with van der Waals surface area (Å²) in [5, 5.41) is 3.05. The maximum atomic E-state index is 12.7. The highest BCUT2D eigenvalue weighted by Gasteiger charge is 2.32. The maximum Gasteiger partial charge on any atom is 0.355 e. The zero-order valence-corrected chi connectivity index (χ0v) is 17.1. The number of carbonyl (C=O) groups is 3. The van der Waals surface area contributed by atoms with Crippen molar-refractivity contribution < 1.29 is 19.1 Å². The van der Waals surface area contributed by atoms with Crippen LogP contribution in [0, 0.1) is 19.8 Å². The number of hydrogen-bond acceptors (Lipinski definition) is 4. The van der Waals surface area contributed by atoms with Crippen molar-refractivity contribution in [3.05, 3.63) is 22.5 Å². The smallest absolute Gasteiger partial charge is 0.355 e. The van der Waals surface area contributed by atoms with Crippen molar-refractivity contribution in [2.45, 2.75) is 65.3 Å². The van der Waals surface area contributed by atoms with Gasteiger partial charge in [-0.15, -0.1) is 0 Å². The third-order valence-corrected chi connectivity index (χ3v) is 5.73. The van der Waals surface area contributed by atoms with Crippen molar-refractivity contribution >= 4 is 17.8 Å². The Kier molecular flexibility index (Phi) is 6.42. The second-order valence-electron chi connectivity index (χ2n) is 7.91. The number of carbonyl (C=O) groups excluding carboxylic acids is 3. The third kappa shape index (κ3) is 4.75. The molecule has 7 heteroatoms. The molecule has 0 unspecified atom stereocenters. The summed E-state index contributed by atoms with van der Waals surface area (Å²) in [7, 11) is 0. The first-order valence-electron chi connectivity index (χ1n) is 10.3. The van der Waals surface area contributed by atoms with Gasteiger partial charge in [0.25, 0.3) is 0 Å². The van der Waals surface area contributed by atoms with Crippen molar-refractivity contribution in [3.8, 4) is 0 Å². The Hall–Kier alpha value is -2.31. The van der Waals surface area contributed by atoms with Gasteiger partial charge < -0.3 is 19.9 Å². The standard InChI is InChI=1S/C21H31N3O4/c1-4-28-21(27)19-13(2)17(14(3)22-19)9-10-18(25)24-11-5-6-15(12-24)20(26)23-16-7-8-16/h15-16,22H,4-12H2,1-3H3,(H,23,26)/t15-/m0/s1. The Morgan fingerprint density at radius 1 is 1.21 bits per heavy atom. The summed E-state index contributed by atoms with van der Waals surface area (Å²) < 4.78 is 5.08. The van der Waals surface area contributed by atoms with Gasteiger partial charge in [-0.05, 0) is 64.0 Å². The zero-order valence-electron chi connectivity index (χ0n) is 17.1. The summed E-state index contributed by atoms with van der Waals surface area (Å²) in [6, 6.07) is 0.353. The molecule has 1 atom stereocenters. The molecule has 2 fully saturated rings. The van der Waals surface area contributed by atoms with Gasteiger partial charge in [0.2, 0.25) is 11.8 Å². The highest BCUT2D eigenvalue weighted by molar-refractivity contribution is 5.90. The van der Waals surface area contributed by atoms with Crippen LogP contribution in [0.15, 0.2) is 0 Å². The number of nitrogens with one attached hydrogen (secondary N) is 2. The SMILES string of the molecule is CCOC(=O)c1[nH]c(C)c(CCC(=O)N2CCC[C@H](C(=O)NC3CC3)C2)c1C. The molecule has 2 amide bonds. The van der Waals surface area contributed by atoms with Gasteiger partial charge in [-0.1, -0.05) is 0 Å². The molecule has 2 N–H and O–H groups in total. The van der Waals surface area contributed by atoms with Crippen LogP contribution < -0.4 is 5.32 Å². The molecule has 3 rings (SSSR count). The Labute approximate surface area is 166 Å². The number of aryl methyl sites for hydroxylation is 1.